The van der Waals surface area contributed by atoms with Crippen molar-refractivity contribution in [1.82, 2.24) is 14.5 Å². The number of imidazole rings is 1. The number of anilines is 1. The van der Waals surface area contributed by atoms with Gasteiger partial charge >= 0.3 is 0 Å². The van der Waals surface area contributed by atoms with E-state index in [1.54, 1.807) is 30.3 Å². The van der Waals surface area contributed by atoms with Crippen LogP contribution < -0.4 is 10.0 Å². The fourth-order valence-electron chi connectivity index (χ4n) is 4.85. The molecule has 4 aromatic rings. The number of sulfonamides is 1. The summed E-state index contributed by atoms with van der Waals surface area (Å²) in [6.45, 7) is 7.07. The Kier molecular flexibility index (Phi) is 9.57. The molecule has 0 aliphatic rings. The topological polar surface area (TPSA) is 129 Å². The molecule has 4 rings (SSSR count). The number of aliphatic hydroxyl groups excluding tert-OH is 1. The van der Waals surface area contributed by atoms with Gasteiger partial charge in [0.2, 0.25) is 0 Å². The minimum atomic E-state index is -3.80. The summed E-state index contributed by atoms with van der Waals surface area (Å²) in [5, 5.41) is 17.3. The first-order valence-electron chi connectivity index (χ1n) is 13.6. The molecule has 0 saturated heterocycles. The molecule has 0 unspecified atom stereocenters. The summed E-state index contributed by atoms with van der Waals surface area (Å²) < 4.78 is 31.0. The molecule has 4 N–H and O–H groups in total. The lowest BCUT2D eigenvalue weighted by molar-refractivity contribution is 0.276. The molecule has 40 heavy (non-hydrogen) atoms. The Morgan fingerprint density at radius 2 is 1.68 bits per heavy atom. The van der Waals surface area contributed by atoms with Gasteiger partial charge in [-0.25, -0.2) is 13.4 Å². The van der Waals surface area contributed by atoms with Crippen LogP contribution in [0.2, 0.25) is 0 Å². The Balaban J connectivity index is 1.68. The molecule has 1 aromatic heterocycles. The summed E-state index contributed by atoms with van der Waals surface area (Å²) in [5.74, 6) is 0.852. The Hall–Kier alpha value is -3.73. The number of aliphatic hydroxyl groups is 1. The lowest BCUT2D eigenvalue weighted by Crippen LogP contribution is -2.38. The molecule has 0 radical (unpaired) electrons. The van der Waals surface area contributed by atoms with Crippen LogP contribution in [0.1, 0.15) is 30.8 Å². The third kappa shape index (κ3) is 6.52. The van der Waals surface area contributed by atoms with Crippen molar-refractivity contribution in [3.8, 4) is 0 Å². The largest absolute Gasteiger partial charge is 0.395 e. The molecule has 0 fully saturated rings. The first-order chi connectivity index (χ1) is 19.3. The van der Waals surface area contributed by atoms with Crippen LogP contribution in [-0.4, -0.2) is 66.6 Å². The molecule has 0 bridgehead atoms. The number of hydrogen-bond donors (Lipinski definition) is 3. The van der Waals surface area contributed by atoms with Crippen LogP contribution in [0.5, 0.6) is 0 Å². The highest BCUT2D eigenvalue weighted by atomic mass is 32.2. The number of aromatic nitrogens is 2. The summed E-state index contributed by atoms with van der Waals surface area (Å²) in [6.07, 6.45) is 1.36. The SMILES string of the molecule is CCN(CC)CCN(c1ccc2c(c1)nc(CCc1ccc(C(=N)N)cc1)n2CCO)S(=O)(=O)c1ccccc1. The van der Waals surface area contributed by atoms with Crippen molar-refractivity contribution >= 4 is 32.6 Å². The first kappa shape index (κ1) is 29.3. The summed E-state index contributed by atoms with van der Waals surface area (Å²) in [5.41, 5.74) is 9.43. The number of likely N-dealkylation sites (N-methyl/N-ethyl adjacent to an activating group) is 1. The molecular formula is C30H38N6O3S. The fourth-order valence-corrected chi connectivity index (χ4v) is 6.32. The van der Waals surface area contributed by atoms with Crippen LogP contribution in [0.3, 0.4) is 0 Å². The van der Waals surface area contributed by atoms with Crippen LogP contribution >= 0.6 is 0 Å². The summed E-state index contributed by atoms with van der Waals surface area (Å²) in [7, 11) is -3.80. The van der Waals surface area contributed by atoms with Crippen molar-refractivity contribution < 1.29 is 13.5 Å². The molecule has 3 aromatic carbocycles. The minimum Gasteiger partial charge on any atom is -0.395 e. The zero-order chi connectivity index (χ0) is 28.7. The standard InChI is InChI=1S/C30H38N6O3S/c1-3-34(4-2)18-19-36(40(38,39)26-8-6-5-7-9-26)25-15-16-28-27(22-25)33-29(35(28)20-21-37)17-12-23-10-13-24(14-11-23)30(31)32/h5-11,13-16,22,37H,3-4,12,17-21H2,1-2H3,(H3,31,32). The van der Waals surface area contributed by atoms with E-state index < -0.39 is 10.0 Å². The molecule has 0 amide bonds. The predicted octanol–water partition coefficient (Wildman–Crippen LogP) is 3.63. The summed E-state index contributed by atoms with van der Waals surface area (Å²) in [4.78, 5) is 7.33. The zero-order valence-corrected chi connectivity index (χ0v) is 23.9. The van der Waals surface area contributed by atoms with Crippen molar-refractivity contribution in [2.75, 3.05) is 37.1 Å². The fraction of sp³-hybridized carbons (Fsp3) is 0.333. The second kappa shape index (κ2) is 13.1. The lowest BCUT2D eigenvalue weighted by atomic mass is 10.1. The van der Waals surface area contributed by atoms with E-state index in [-0.39, 0.29) is 17.3 Å². The van der Waals surface area contributed by atoms with E-state index in [2.05, 4.69) is 18.7 Å². The van der Waals surface area contributed by atoms with Crippen LogP contribution in [-0.2, 0) is 29.4 Å². The quantitative estimate of drug-likeness (QED) is 0.159. The molecule has 212 valence electrons. The Labute approximate surface area is 236 Å². The van der Waals surface area contributed by atoms with Crippen molar-refractivity contribution in [1.29, 1.82) is 5.41 Å². The average Bonchev–Trinajstić information content (AvgIpc) is 3.31. The molecule has 9 nitrogen and oxygen atoms in total. The first-order valence-corrected chi connectivity index (χ1v) is 15.1. The van der Waals surface area contributed by atoms with Gasteiger partial charge in [0.05, 0.1) is 28.2 Å². The Morgan fingerprint density at radius 1 is 0.975 bits per heavy atom. The van der Waals surface area contributed by atoms with Crippen molar-refractivity contribution in [2.24, 2.45) is 5.73 Å². The highest BCUT2D eigenvalue weighted by molar-refractivity contribution is 7.92. The van der Waals surface area contributed by atoms with Gasteiger partial charge in [0, 0.05) is 31.6 Å². The second-order valence-electron chi connectivity index (χ2n) is 9.60. The van der Waals surface area contributed by atoms with Crippen molar-refractivity contribution in [2.45, 2.75) is 38.1 Å². The Bertz CT molecular complexity index is 1530. The number of hydrogen-bond acceptors (Lipinski definition) is 6. The van der Waals surface area contributed by atoms with Gasteiger partial charge < -0.3 is 20.3 Å². The molecule has 0 atom stereocenters. The van der Waals surface area contributed by atoms with Crippen LogP contribution in [0, 0.1) is 5.41 Å². The van der Waals surface area contributed by atoms with Crippen LogP contribution in [0.25, 0.3) is 11.0 Å². The van der Waals surface area contributed by atoms with Crippen molar-refractivity contribution in [3.05, 3.63) is 89.7 Å². The maximum Gasteiger partial charge on any atom is 0.264 e. The van der Waals surface area contributed by atoms with Gasteiger partial charge in [0.25, 0.3) is 10.0 Å². The number of nitrogens with two attached hydrogens (primary N) is 1. The second-order valence-corrected chi connectivity index (χ2v) is 11.5. The number of aryl methyl sites for hydroxylation is 2. The normalized spacial score (nSPS) is 11.8. The highest BCUT2D eigenvalue weighted by Crippen LogP contribution is 2.28. The number of nitrogens with one attached hydrogen (secondary N) is 1. The number of fused-ring (bicyclic) bond motifs is 1. The molecule has 0 saturated carbocycles. The summed E-state index contributed by atoms with van der Waals surface area (Å²) in [6, 6.07) is 21.6. The number of nitrogen functional groups attached to an aromatic ring is 1. The lowest BCUT2D eigenvalue weighted by Gasteiger charge is -2.27. The maximum absolute atomic E-state index is 13.8. The van der Waals surface area contributed by atoms with Gasteiger partial charge in [-0.2, -0.15) is 0 Å². The maximum atomic E-state index is 13.8. The third-order valence-electron chi connectivity index (χ3n) is 7.17. The van der Waals surface area contributed by atoms with Gasteiger partial charge in [-0.3, -0.25) is 9.71 Å². The van der Waals surface area contributed by atoms with Crippen molar-refractivity contribution in [3.63, 3.8) is 0 Å². The molecule has 0 aliphatic carbocycles. The van der Waals surface area contributed by atoms with E-state index >= 15 is 0 Å². The summed E-state index contributed by atoms with van der Waals surface area (Å²) >= 11 is 0. The number of rotatable bonds is 14. The molecule has 1 heterocycles. The number of amidine groups is 1. The molecule has 0 aliphatic heterocycles. The van der Waals surface area contributed by atoms with Gasteiger partial charge in [0.15, 0.2) is 0 Å². The Morgan fingerprint density at radius 3 is 2.30 bits per heavy atom. The van der Waals surface area contributed by atoms with E-state index in [0.29, 0.717) is 42.8 Å². The van der Waals surface area contributed by atoms with Gasteiger partial charge in [-0.15, -0.1) is 0 Å². The number of nitrogens with zero attached hydrogens (tertiary/aromatic N) is 4. The number of benzene rings is 3. The monoisotopic (exact) mass is 562 g/mol. The predicted molar refractivity (Wildman–Crippen MR) is 160 cm³/mol. The van der Waals surface area contributed by atoms with Gasteiger partial charge in [0.1, 0.15) is 11.7 Å². The van der Waals surface area contributed by atoms with E-state index in [4.69, 9.17) is 16.1 Å². The zero-order valence-electron chi connectivity index (χ0n) is 23.1. The third-order valence-corrected chi connectivity index (χ3v) is 9.01. The van der Waals surface area contributed by atoms with E-state index in [0.717, 1.165) is 36.4 Å². The van der Waals surface area contributed by atoms with E-state index in [9.17, 15) is 13.5 Å². The molecule has 10 heteroatoms. The van der Waals surface area contributed by atoms with Crippen LogP contribution in [0.15, 0.2) is 77.7 Å². The van der Waals surface area contributed by atoms with Gasteiger partial charge in [-0.1, -0.05) is 56.3 Å². The molecule has 0 spiro atoms. The van der Waals surface area contributed by atoms with Crippen LogP contribution in [0.4, 0.5) is 5.69 Å². The minimum absolute atomic E-state index is 0.0347. The van der Waals surface area contributed by atoms with E-state index in [1.807, 2.05) is 47.0 Å². The van der Waals surface area contributed by atoms with E-state index in [1.165, 1.54) is 4.31 Å². The smallest absolute Gasteiger partial charge is 0.264 e. The average molecular weight is 563 g/mol. The molecular weight excluding hydrogens is 524 g/mol. The highest BCUT2D eigenvalue weighted by Gasteiger charge is 2.26. The van der Waals surface area contributed by atoms with Gasteiger partial charge in [-0.05, 0) is 55.4 Å².